The van der Waals surface area contributed by atoms with Crippen LogP contribution in [0, 0.1) is 0 Å². The third-order valence-corrected chi connectivity index (χ3v) is 4.21. The number of alkyl halides is 3. The van der Waals surface area contributed by atoms with Gasteiger partial charge in [0.05, 0.1) is 5.69 Å². The van der Waals surface area contributed by atoms with Gasteiger partial charge >= 0.3 is 6.18 Å². The molecule has 2 heterocycles. The molecule has 3 aromatic rings. The minimum absolute atomic E-state index is 0.00571. The van der Waals surface area contributed by atoms with E-state index in [1.54, 1.807) is 24.3 Å². The van der Waals surface area contributed by atoms with E-state index < -0.39 is 11.9 Å². The fourth-order valence-corrected chi connectivity index (χ4v) is 2.37. The van der Waals surface area contributed by atoms with Crippen LogP contribution in [0.25, 0.3) is 17.1 Å². The van der Waals surface area contributed by atoms with Crippen LogP contribution in [0.2, 0.25) is 0 Å². The normalized spacial score (nSPS) is 16.3. The Balaban J connectivity index is 1.58. The Morgan fingerprint density at radius 2 is 1.83 bits per heavy atom. The summed E-state index contributed by atoms with van der Waals surface area (Å²) < 4.78 is 44.3. The van der Waals surface area contributed by atoms with Crippen molar-refractivity contribution in [2.24, 2.45) is 0 Å². The van der Waals surface area contributed by atoms with Gasteiger partial charge in [-0.3, -0.25) is 0 Å². The van der Waals surface area contributed by atoms with Crippen molar-refractivity contribution in [2.45, 2.75) is 31.4 Å². The molecule has 2 aromatic heterocycles. The molecule has 5 nitrogen and oxygen atoms in total. The summed E-state index contributed by atoms with van der Waals surface area (Å²) in [7, 11) is 0. The summed E-state index contributed by atoms with van der Waals surface area (Å²) in [5, 5.41) is 7.52. The van der Waals surface area contributed by atoms with Gasteiger partial charge in [-0.05, 0) is 43.2 Å². The zero-order chi connectivity index (χ0) is 16.9. The van der Waals surface area contributed by atoms with Crippen molar-refractivity contribution in [1.82, 2.24) is 19.9 Å². The quantitative estimate of drug-likeness (QED) is 0.727. The SMILES string of the molecule is CC1(c2nc(-c3ccc(-n4ccc(C(F)(F)F)n4)cc3)no2)CC1. The smallest absolute Gasteiger partial charge is 0.338 e. The van der Waals surface area contributed by atoms with Crippen molar-refractivity contribution in [2.75, 3.05) is 0 Å². The average molecular weight is 334 g/mol. The van der Waals surface area contributed by atoms with E-state index in [-0.39, 0.29) is 5.41 Å². The lowest BCUT2D eigenvalue weighted by atomic mass is 10.1. The van der Waals surface area contributed by atoms with Gasteiger partial charge in [0.25, 0.3) is 0 Å². The summed E-state index contributed by atoms with van der Waals surface area (Å²) >= 11 is 0. The molecule has 0 N–H and O–H groups in total. The third kappa shape index (κ3) is 2.57. The molecule has 0 radical (unpaired) electrons. The zero-order valence-corrected chi connectivity index (χ0v) is 12.7. The molecule has 0 aliphatic heterocycles. The standard InChI is InChI=1S/C16H13F3N4O/c1-15(7-8-15)14-20-13(22-24-14)10-2-4-11(5-3-10)23-9-6-12(21-23)16(17,18)19/h2-6,9H,7-8H2,1H3. The van der Waals surface area contributed by atoms with Crippen LogP contribution >= 0.6 is 0 Å². The van der Waals surface area contributed by atoms with Crippen molar-refractivity contribution in [3.63, 3.8) is 0 Å². The molecule has 1 aromatic carbocycles. The topological polar surface area (TPSA) is 56.7 Å². The summed E-state index contributed by atoms with van der Waals surface area (Å²) in [5.41, 5.74) is 0.328. The van der Waals surface area contributed by atoms with E-state index in [0.29, 0.717) is 17.4 Å². The molecule has 0 spiro atoms. The Hall–Kier alpha value is -2.64. The predicted octanol–water partition coefficient (Wildman–Crippen LogP) is 3.99. The maximum absolute atomic E-state index is 12.6. The summed E-state index contributed by atoms with van der Waals surface area (Å²) in [6.07, 6.45) is -1.10. The summed E-state index contributed by atoms with van der Waals surface area (Å²) in [4.78, 5) is 4.40. The van der Waals surface area contributed by atoms with Gasteiger partial charge in [-0.2, -0.15) is 23.3 Å². The van der Waals surface area contributed by atoms with Crippen molar-refractivity contribution in [3.8, 4) is 17.1 Å². The molecule has 0 atom stereocenters. The molecule has 0 saturated heterocycles. The Labute approximate surface area is 135 Å². The molecule has 1 saturated carbocycles. The molecule has 0 unspecified atom stereocenters. The van der Waals surface area contributed by atoms with E-state index in [1.165, 1.54) is 10.9 Å². The van der Waals surface area contributed by atoms with E-state index in [2.05, 4.69) is 22.2 Å². The lowest BCUT2D eigenvalue weighted by Gasteiger charge is -2.03. The molecule has 1 aliphatic carbocycles. The van der Waals surface area contributed by atoms with Crippen molar-refractivity contribution in [1.29, 1.82) is 0 Å². The van der Waals surface area contributed by atoms with Crippen LogP contribution in [-0.4, -0.2) is 19.9 Å². The van der Waals surface area contributed by atoms with Crippen LogP contribution in [0.1, 0.15) is 31.4 Å². The van der Waals surface area contributed by atoms with Crippen molar-refractivity contribution in [3.05, 3.63) is 48.1 Å². The number of nitrogens with zero attached hydrogens (tertiary/aromatic N) is 4. The van der Waals surface area contributed by atoms with Gasteiger partial charge in [-0.25, -0.2) is 4.68 Å². The molecule has 8 heteroatoms. The molecule has 24 heavy (non-hydrogen) atoms. The summed E-state index contributed by atoms with van der Waals surface area (Å²) in [6, 6.07) is 7.73. The van der Waals surface area contributed by atoms with Gasteiger partial charge in [0.2, 0.25) is 11.7 Å². The van der Waals surface area contributed by atoms with Crippen LogP contribution in [0.15, 0.2) is 41.1 Å². The van der Waals surface area contributed by atoms with Gasteiger partial charge in [-0.15, -0.1) is 0 Å². The maximum Gasteiger partial charge on any atom is 0.435 e. The second-order valence-electron chi connectivity index (χ2n) is 6.17. The molecular formula is C16H13F3N4O. The zero-order valence-electron chi connectivity index (χ0n) is 12.7. The van der Waals surface area contributed by atoms with Gasteiger partial charge in [0, 0.05) is 17.2 Å². The first-order valence-electron chi connectivity index (χ1n) is 7.43. The van der Waals surface area contributed by atoms with E-state index in [9.17, 15) is 13.2 Å². The number of aromatic nitrogens is 4. The highest BCUT2D eigenvalue weighted by Gasteiger charge is 2.44. The lowest BCUT2D eigenvalue weighted by molar-refractivity contribution is -0.141. The molecular weight excluding hydrogens is 321 g/mol. The number of benzene rings is 1. The van der Waals surface area contributed by atoms with Crippen LogP contribution in [0.3, 0.4) is 0 Å². The lowest BCUT2D eigenvalue weighted by Crippen LogP contribution is -2.07. The molecule has 1 fully saturated rings. The first kappa shape index (κ1) is 14.9. The molecule has 124 valence electrons. The van der Waals surface area contributed by atoms with E-state index in [1.807, 2.05) is 0 Å². The Morgan fingerprint density at radius 1 is 1.12 bits per heavy atom. The van der Waals surface area contributed by atoms with Gasteiger partial charge in [-0.1, -0.05) is 12.1 Å². The van der Waals surface area contributed by atoms with Crippen LogP contribution in [0.5, 0.6) is 0 Å². The molecule has 0 amide bonds. The number of rotatable bonds is 3. The van der Waals surface area contributed by atoms with Gasteiger partial charge in [0.15, 0.2) is 5.69 Å². The Bertz CT molecular complexity index is 813. The van der Waals surface area contributed by atoms with Gasteiger partial charge in [0.1, 0.15) is 0 Å². The predicted molar refractivity (Wildman–Crippen MR) is 78.4 cm³/mol. The van der Waals surface area contributed by atoms with Crippen molar-refractivity contribution >= 4 is 0 Å². The Kier molecular flexibility index (Phi) is 3.06. The van der Waals surface area contributed by atoms with Crippen LogP contribution in [0.4, 0.5) is 13.2 Å². The maximum atomic E-state index is 12.6. The largest absolute Gasteiger partial charge is 0.435 e. The van der Waals surface area contributed by atoms with Crippen molar-refractivity contribution < 1.29 is 17.7 Å². The second kappa shape index (κ2) is 4.93. The third-order valence-electron chi connectivity index (χ3n) is 4.21. The highest BCUT2D eigenvalue weighted by atomic mass is 19.4. The summed E-state index contributed by atoms with van der Waals surface area (Å²) in [6.45, 7) is 2.07. The fraction of sp³-hybridized carbons (Fsp3) is 0.312. The monoisotopic (exact) mass is 334 g/mol. The molecule has 1 aliphatic rings. The molecule has 0 bridgehead atoms. The molecule has 4 rings (SSSR count). The number of halogens is 3. The average Bonchev–Trinajstić information content (AvgIpc) is 3.01. The summed E-state index contributed by atoms with van der Waals surface area (Å²) in [5.74, 6) is 1.10. The number of hydrogen-bond acceptors (Lipinski definition) is 4. The highest BCUT2D eigenvalue weighted by molar-refractivity contribution is 5.56. The van der Waals surface area contributed by atoms with E-state index in [4.69, 9.17) is 4.52 Å². The fourth-order valence-electron chi connectivity index (χ4n) is 2.37. The first-order valence-corrected chi connectivity index (χ1v) is 7.43. The first-order chi connectivity index (χ1) is 11.4. The minimum atomic E-state index is -4.45. The van der Waals surface area contributed by atoms with E-state index >= 15 is 0 Å². The Morgan fingerprint density at radius 3 is 2.42 bits per heavy atom. The van der Waals surface area contributed by atoms with Gasteiger partial charge < -0.3 is 4.52 Å². The van der Waals surface area contributed by atoms with Crippen LogP contribution < -0.4 is 0 Å². The minimum Gasteiger partial charge on any atom is -0.338 e. The number of hydrogen-bond donors (Lipinski definition) is 0. The van der Waals surface area contributed by atoms with E-state index in [0.717, 1.165) is 24.5 Å². The van der Waals surface area contributed by atoms with Crippen LogP contribution in [-0.2, 0) is 11.6 Å². The highest BCUT2D eigenvalue weighted by Crippen LogP contribution is 2.47. The second-order valence-corrected chi connectivity index (χ2v) is 6.17.